The van der Waals surface area contributed by atoms with Gasteiger partial charge in [-0.3, -0.25) is 14.6 Å². The minimum absolute atomic E-state index is 0.124. The summed E-state index contributed by atoms with van der Waals surface area (Å²) in [5.74, 6) is 1.50. The Balaban J connectivity index is 1.26. The maximum absolute atomic E-state index is 13.9. The molecule has 3 aliphatic rings. The van der Waals surface area contributed by atoms with E-state index in [0.29, 0.717) is 43.7 Å². The van der Waals surface area contributed by atoms with Gasteiger partial charge in [0.25, 0.3) is 0 Å². The molecule has 4 heterocycles. The highest BCUT2D eigenvalue weighted by Gasteiger charge is 2.40. The zero-order valence-corrected chi connectivity index (χ0v) is 22.9. The Morgan fingerprint density at radius 2 is 1.77 bits per heavy atom. The van der Waals surface area contributed by atoms with E-state index < -0.39 is 0 Å². The van der Waals surface area contributed by atoms with Crippen LogP contribution < -0.4 is 15.1 Å². The fourth-order valence-corrected chi connectivity index (χ4v) is 5.97. The first kappa shape index (κ1) is 26.0. The van der Waals surface area contributed by atoms with Gasteiger partial charge < -0.3 is 15.1 Å². The van der Waals surface area contributed by atoms with E-state index >= 15 is 0 Å². The third kappa shape index (κ3) is 5.16. The molecule has 0 bridgehead atoms. The molecule has 206 valence electrons. The second-order valence-electron chi connectivity index (χ2n) is 10.9. The number of anilines is 4. The molecule has 0 unspecified atom stereocenters. The molecule has 3 aromatic rings. The Kier molecular flexibility index (Phi) is 7.21. The zero-order valence-electron chi connectivity index (χ0n) is 22.9. The maximum Gasteiger partial charge on any atom is 0.330 e. The minimum atomic E-state index is -0.196. The fraction of sp³-hybridized carbons (Fsp3) is 0.355. The molecular formula is C31H35N7O2. The van der Waals surface area contributed by atoms with Crippen LogP contribution in [0.25, 0.3) is 0 Å². The van der Waals surface area contributed by atoms with Crippen LogP contribution in [0.1, 0.15) is 36.3 Å². The summed E-state index contributed by atoms with van der Waals surface area (Å²) in [7, 11) is 2.18. The molecule has 1 aromatic heterocycles. The lowest BCUT2D eigenvalue weighted by atomic mass is 9.89. The van der Waals surface area contributed by atoms with E-state index in [1.807, 2.05) is 30.3 Å². The molecule has 0 saturated carbocycles. The highest BCUT2D eigenvalue weighted by atomic mass is 16.2. The van der Waals surface area contributed by atoms with Crippen molar-refractivity contribution in [2.45, 2.75) is 37.8 Å². The van der Waals surface area contributed by atoms with E-state index in [0.717, 1.165) is 30.0 Å². The fourth-order valence-electron chi connectivity index (χ4n) is 5.97. The number of nitrogens with one attached hydrogen (secondary N) is 1. The summed E-state index contributed by atoms with van der Waals surface area (Å²) in [5, 5.41) is 3.34. The third-order valence-electron chi connectivity index (χ3n) is 8.27. The van der Waals surface area contributed by atoms with Gasteiger partial charge in [0, 0.05) is 36.2 Å². The number of hydrogen-bond donors (Lipinski definition) is 1. The second-order valence-corrected chi connectivity index (χ2v) is 10.9. The standard InChI is InChI=1S/C31H35N7O2/c1-3-28(39)36-18-15-27(21-36)38-29-24(20-37(31(38)40)26-7-5-4-6-8-26)19-32-30(34-29)33-25-11-9-22(10-12-25)23-13-16-35(2)17-14-23/h3-12,19,23,27H,1,13-18,20-21H2,2H3,(H,32,33,34)/t27-/m0/s1. The van der Waals surface area contributed by atoms with Gasteiger partial charge in [-0.1, -0.05) is 36.9 Å². The van der Waals surface area contributed by atoms with Crippen LogP contribution in [0, 0.1) is 0 Å². The van der Waals surface area contributed by atoms with Gasteiger partial charge in [0.1, 0.15) is 5.82 Å². The molecule has 40 heavy (non-hydrogen) atoms. The lowest BCUT2D eigenvalue weighted by Crippen LogP contribution is -2.53. The first-order valence-corrected chi connectivity index (χ1v) is 14.0. The number of para-hydroxylation sites is 1. The Hall–Kier alpha value is -4.24. The van der Waals surface area contributed by atoms with Gasteiger partial charge in [0.15, 0.2) is 0 Å². The lowest BCUT2D eigenvalue weighted by Gasteiger charge is -2.39. The SMILES string of the molecule is C=CC(=O)N1CC[C@H](N2C(=O)N(c3ccccc3)Cc3cnc(Nc4ccc(C5CCN(C)CC5)cc4)nc32)C1. The molecule has 3 aliphatic heterocycles. The molecule has 9 nitrogen and oxygen atoms in total. The van der Waals surface area contributed by atoms with Crippen LogP contribution >= 0.6 is 0 Å². The highest BCUT2D eigenvalue weighted by Crippen LogP contribution is 2.35. The van der Waals surface area contributed by atoms with Gasteiger partial charge in [-0.05, 0) is 81.2 Å². The number of aromatic nitrogens is 2. The average molecular weight is 538 g/mol. The summed E-state index contributed by atoms with van der Waals surface area (Å²) >= 11 is 0. The van der Waals surface area contributed by atoms with E-state index in [2.05, 4.69) is 53.1 Å². The smallest absolute Gasteiger partial charge is 0.330 e. The number of urea groups is 1. The van der Waals surface area contributed by atoms with Gasteiger partial charge >= 0.3 is 6.03 Å². The van der Waals surface area contributed by atoms with Gasteiger partial charge in [0.05, 0.1) is 12.6 Å². The van der Waals surface area contributed by atoms with E-state index in [9.17, 15) is 9.59 Å². The molecule has 0 radical (unpaired) electrons. The van der Waals surface area contributed by atoms with Crippen LogP contribution in [0.5, 0.6) is 0 Å². The molecule has 1 atom stereocenters. The summed E-state index contributed by atoms with van der Waals surface area (Å²) in [6.07, 6.45) is 6.15. The summed E-state index contributed by atoms with van der Waals surface area (Å²) in [5.41, 5.74) is 3.94. The average Bonchev–Trinajstić information content (AvgIpc) is 3.47. The number of hydrogen-bond acceptors (Lipinski definition) is 6. The molecule has 1 N–H and O–H groups in total. The monoisotopic (exact) mass is 537 g/mol. The number of benzene rings is 2. The van der Waals surface area contributed by atoms with Crippen LogP contribution in [0.4, 0.5) is 27.9 Å². The molecule has 3 amide bonds. The summed E-state index contributed by atoms with van der Waals surface area (Å²) in [6, 6.07) is 17.8. The van der Waals surface area contributed by atoms with Crippen LogP contribution in [-0.4, -0.2) is 71.0 Å². The first-order chi connectivity index (χ1) is 19.5. The predicted octanol–water partition coefficient (Wildman–Crippen LogP) is 4.76. The lowest BCUT2D eigenvalue weighted by molar-refractivity contribution is -0.125. The molecule has 2 aromatic carbocycles. The van der Waals surface area contributed by atoms with Gasteiger partial charge in [-0.25, -0.2) is 9.78 Å². The molecule has 2 saturated heterocycles. The molecule has 2 fully saturated rings. The molecular weight excluding hydrogens is 502 g/mol. The van der Waals surface area contributed by atoms with Gasteiger partial charge in [-0.2, -0.15) is 4.98 Å². The Morgan fingerprint density at radius 3 is 2.50 bits per heavy atom. The normalized spacial score (nSPS) is 20.0. The number of piperidine rings is 1. The van der Waals surface area contributed by atoms with Crippen molar-refractivity contribution >= 4 is 35.1 Å². The van der Waals surface area contributed by atoms with E-state index in [1.54, 1.807) is 20.9 Å². The van der Waals surface area contributed by atoms with Gasteiger partial charge in [-0.15, -0.1) is 0 Å². The first-order valence-electron chi connectivity index (χ1n) is 14.0. The number of nitrogens with zero attached hydrogens (tertiary/aromatic N) is 6. The summed E-state index contributed by atoms with van der Waals surface area (Å²) < 4.78 is 0. The molecule has 0 aliphatic carbocycles. The van der Waals surface area contributed by atoms with Crippen molar-refractivity contribution in [3.63, 3.8) is 0 Å². The summed E-state index contributed by atoms with van der Waals surface area (Å²) in [6.45, 7) is 7.26. The van der Waals surface area contributed by atoms with Crippen LogP contribution in [-0.2, 0) is 11.3 Å². The quantitative estimate of drug-likeness (QED) is 0.457. The van der Waals surface area contributed by atoms with E-state index in [-0.39, 0.29) is 18.0 Å². The molecule has 0 spiro atoms. The van der Waals surface area contributed by atoms with Crippen LogP contribution in [0.2, 0.25) is 0 Å². The van der Waals surface area contributed by atoms with Crippen molar-refractivity contribution in [1.29, 1.82) is 0 Å². The molecule has 6 rings (SSSR count). The van der Waals surface area contributed by atoms with Crippen LogP contribution in [0.15, 0.2) is 73.4 Å². The Bertz CT molecular complexity index is 1390. The van der Waals surface area contributed by atoms with Crippen LogP contribution in [0.3, 0.4) is 0 Å². The Morgan fingerprint density at radius 1 is 1.02 bits per heavy atom. The van der Waals surface area contributed by atoms with Gasteiger partial charge in [0.2, 0.25) is 11.9 Å². The second kappa shape index (κ2) is 11.1. The number of likely N-dealkylation sites (tertiary alicyclic amines) is 2. The molecule has 9 heteroatoms. The predicted molar refractivity (Wildman–Crippen MR) is 157 cm³/mol. The topological polar surface area (TPSA) is 84.9 Å². The maximum atomic E-state index is 13.9. The number of carbonyl (C=O) groups excluding carboxylic acids is 2. The van der Waals surface area contributed by atoms with Crippen molar-refractivity contribution in [2.24, 2.45) is 0 Å². The largest absolute Gasteiger partial charge is 0.337 e. The van der Waals surface area contributed by atoms with Crippen molar-refractivity contribution in [3.05, 3.63) is 84.6 Å². The highest BCUT2D eigenvalue weighted by molar-refractivity contribution is 6.06. The summed E-state index contributed by atoms with van der Waals surface area (Å²) in [4.78, 5) is 43.3. The van der Waals surface area contributed by atoms with E-state index in [4.69, 9.17) is 4.98 Å². The van der Waals surface area contributed by atoms with Crippen molar-refractivity contribution in [3.8, 4) is 0 Å². The van der Waals surface area contributed by atoms with Crippen molar-refractivity contribution in [1.82, 2.24) is 19.8 Å². The minimum Gasteiger partial charge on any atom is -0.337 e. The number of rotatable bonds is 6. The number of carbonyl (C=O) groups is 2. The third-order valence-corrected chi connectivity index (χ3v) is 8.27. The zero-order chi connectivity index (χ0) is 27.6. The number of amides is 3. The van der Waals surface area contributed by atoms with Crippen molar-refractivity contribution < 1.29 is 9.59 Å². The van der Waals surface area contributed by atoms with E-state index in [1.165, 1.54) is 24.5 Å². The number of fused-ring (bicyclic) bond motifs is 1. The van der Waals surface area contributed by atoms with Crippen molar-refractivity contribution in [2.75, 3.05) is 48.3 Å². The Labute approximate surface area is 235 Å².